The number of aliphatic hydroxyl groups is 3. The normalized spacial score (nSPS) is 37.5. The molecule has 7 atom stereocenters. The molecule has 1 unspecified atom stereocenters. The highest BCUT2D eigenvalue weighted by atomic mass is 16.3. The average molecular weight is 514 g/mol. The first-order valence-corrected chi connectivity index (χ1v) is 15.0. The van der Waals surface area contributed by atoms with Crippen LogP contribution in [0.5, 0.6) is 0 Å². The molecule has 0 aromatic rings. The van der Waals surface area contributed by atoms with Crippen molar-refractivity contribution in [2.75, 3.05) is 13.1 Å². The number of carbonyl (C=O) groups excluding carboxylic acids is 1. The zero-order valence-corrected chi connectivity index (χ0v) is 23.6. The number of hydrogen-bond acceptors (Lipinski definition) is 4. The van der Waals surface area contributed by atoms with E-state index in [4.69, 9.17) is 0 Å². The van der Waals surface area contributed by atoms with Crippen LogP contribution in [-0.4, -0.2) is 57.0 Å². The minimum Gasteiger partial charge on any atom is -0.393 e. The lowest BCUT2D eigenvalue weighted by molar-refractivity contribution is -0.151. The predicted molar refractivity (Wildman–Crippen MR) is 149 cm³/mol. The van der Waals surface area contributed by atoms with Crippen molar-refractivity contribution in [2.45, 2.75) is 122 Å². The van der Waals surface area contributed by atoms with Crippen LogP contribution in [0, 0.1) is 23.2 Å². The third kappa shape index (κ3) is 6.25. The zero-order valence-electron chi connectivity index (χ0n) is 23.6. The minimum atomic E-state index is -1.25. The van der Waals surface area contributed by atoms with Gasteiger partial charge in [0.25, 0.3) is 5.91 Å². The van der Waals surface area contributed by atoms with Gasteiger partial charge in [0.2, 0.25) is 0 Å². The van der Waals surface area contributed by atoms with Crippen LogP contribution in [0.2, 0.25) is 0 Å². The lowest BCUT2D eigenvalue weighted by Crippen LogP contribution is -2.49. The smallest absolute Gasteiger partial charge is 0.254 e. The highest BCUT2D eigenvalue weighted by molar-refractivity contribution is 5.84. The second-order valence-electron chi connectivity index (χ2n) is 13.2. The molecule has 0 aromatic carbocycles. The molecule has 1 heterocycles. The van der Waals surface area contributed by atoms with Crippen LogP contribution in [0.3, 0.4) is 0 Å². The van der Waals surface area contributed by atoms with Gasteiger partial charge >= 0.3 is 0 Å². The lowest BCUT2D eigenvalue weighted by atomic mass is 9.60. The first-order valence-electron chi connectivity index (χ1n) is 15.0. The molecular weight excluding hydrogens is 462 g/mol. The molecule has 3 saturated carbocycles. The van der Waals surface area contributed by atoms with E-state index in [2.05, 4.69) is 32.6 Å². The van der Waals surface area contributed by atoms with E-state index < -0.39 is 17.8 Å². The molecule has 1 saturated heterocycles. The monoisotopic (exact) mass is 513 g/mol. The summed E-state index contributed by atoms with van der Waals surface area (Å²) in [5, 5.41) is 31.3. The molecule has 5 heteroatoms. The Balaban J connectivity index is 1.36. The van der Waals surface area contributed by atoms with E-state index in [1.54, 1.807) is 6.92 Å². The van der Waals surface area contributed by atoms with Gasteiger partial charge in [0.05, 0.1) is 12.2 Å². The fourth-order valence-corrected chi connectivity index (χ4v) is 8.19. The molecule has 4 rings (SSSR count). The summed E-state index contributed by atoms with van der Waals surface area (Å²) >= 11 is 0. The molecule has 4 aliphatic rings. The number of likely N-dealkylation sites (tertiary alicyclic amines) is 1. The van der Waals surface area contributed by atoms with Crippen LogP contribution in [-0.2, 0) is 4.79 Å². The number of rotatable bonds is 7. The van der Waals surface area contributed by atoms with E-state index in [9.17, 15) is 20.1 Å². The Morgan fingerprint density at radius 3 is 2.65 bits per heavy atom. The van der Waals surface area contributed by atoms with Crippen molar-refractivity contribution in [2.24, 2.45) is 23.2 Å². The number of amides is 1. The van der Waals surface area contributed by atoms with Gasteiger partial charge in [-0.15, -0.1) is 0 Å². The Hall–Kier alpha value is -1.43. The molecule has 0 radical (unpaired) electrons. The van der Waals surface area contributed by atoms with E-state index in [0.29, 0.717) is 37.0 Å². The van der Waals surface area contributed by atoms with Gasteiger partial charge < -0.3 is 20.2 Å². The Bertz CT molecular complexity index is 898. The summed E-state index contributed by atoms with van der Waals surface area (Å²) in [5.74, 6) is 1.73. The van der Waals surface area contributed by atoms with E-state index >= 15 is 0 Å². The molecule has 0 spiro atoms. The van der Waals surface area contributed by atoms with E-state index in [1.807, 2.05) is 4.90 Å². The zero-order chi connectivity index (χ0) is 26.8. The van der Waals surface area contributed by atoms with Crippen molar-refractivity contribution in [3.8, 4) is 0 Å². The lowest BCUT2D eigenvalue weighted by Gasteiger charge is -2.44. The number of aliphatic hydroxyl groups excluding tert-OH is 2. The van der Waals surface area contributed by atoms with Crippen LogP contribution >= 0.6 is 0 Å². The maximum absolute atomic E-state index is 12.9. The van der Waals surface area contributed by atoms with Gasteiger partial charge in [-0.25, -0.2) is 0 Å². The fraction of sp³-hybridized carbons (Fsp3) is 0.781. The fourth-order valence-electron chi connectivity index (χ4n) is 8.19. The van der Waals surface area contributed by atoms with Gasteiger partial charge in [-0.1, -0.05) is 44.6 Å². The van der Waals surface area contributed by atoms with Crippen molar-refractivity contribution in [1.29, 1.82) is 0 Å². The molecule has 5 nitrogen and oxygen atoms in total. The van der Waals surface area contributed by atoms with Crippen molar-refractivity contribution in [3.63, 3.8) is 0 Å². The summed E-state index contributed by atoms with van der Waals surface area (Å²) in [6.07, 6.45) is 16.0. The molecule has 0 aromatic heterocycles. The summed E-state index contributed by atoms with van der Waals surface area (Å²) in [4.78, 5) is 14.8. The molecule has 3 aliphatic carbocycles. The van der Waals surface area contributed by atoms with Gasteiger partial charge in [-0.05, 0) is 112 Å². The Morgan fingerprint density at radius 2 is 1.92 bits per heavy atom. The average Bonchev–Trinajstić information content (AvgIpc) is 3.22. The first kappa shape index (κ1) is 28.6. The van der Waals surface area contributed by atoms with Gasteiger partial charge in [0.1, 0.15) is 5.60 Å². The van der Waals surface area contributed by atoms with E-state index in [0.717, 1.165) is 56.3 Å². The highest BCUT2D eigenvalue weighted by Crippen LogP contribution is 2.60. The molecule has 1 aliphatic heterocycles. The maximum atomic E-state index is 12.9. The topological polar surface area (TPSA) is 81.0 Å². The van der Waals surface area contributed by atoms with E-state index in [-0.39, 0.29) is 11.3 Å². The van der Waals surface area contributed by atoms with Crippen molar-refractivity contribution in [1.82, 2.24) is 4.90 Å². The van der Waals surface area contributed by atoms with E-state index in [1.165, 1.54) is 37.7 Å². The number of nitrogens with zero attached hydrogens (tertiary/aromatic N) is 1. The molecule has 1 amide bonds. The second-order valence-corrected chi connectivity index (χ2v) is 13.2. The Morgan fingerprint density at radius 1 is 1.19 bits per heavy atom. The standard InChI is InChI=1S/C32H51NO4/c1-22(10-8-17-32(4,37)30(36)33-18-6-5-7-19-33)27-14-15-28-24(11-9-16-31(27,28)3)12-13-25-20-26(34)21-29(35)23(25)2/h12-13,22,26-29,34-35,37H,2,5-11,14-21H2,1,3-4H3/b24-12+,25-13-/t22-,26-,27-,28?,29+,31-,32-/m1/s1. The summed E-state index contributed by atoms with van der Waals surface area (Å²) in [5.41, 5.74) is 2.30. The third-order valence-electron chi connectivity index (χ3n) is 10.4. The molecule has 4 fully saturated rings. The summed E-state index contributed by atoms with van der Waals surface area (Å²) in [6.45, 7) is 12.2. The SMILES string of the molecule is C=C1/C(=C\C=C2/CCC[C@@]3(C)C2CC[C@@H]3[C@H](C)CCC[C@@](C)(O)C(=O)N2CCCCC2)C[C@@H](O)C[C@@H]1O. The third-order valence-corrected chi connectivity index (χ3v) is 10.4. The minimum absolute atomic E-state index is 0.0791. The molecule has 3 N–H and O–H groups in total. The van der Waals surface area contributed by atoms with Gasteiger partial charge in [0.15, 0.2) is 0 Å². The van der Waals surface area contributed by atoms with Crippen LogP contribution in [0.15, 0.2) is 35.5 Å². The summed E-state index contributed by atoms with van der Waals surface area (Å²) < 4.78 is 0. The largest absolute Gasteiger partial charge is 0.393 e. The number of allylic oxidation sites excluding steroid dienone is 3. The van der Waals surface area contributed by atoms with Crippen molar-refractivity contribution >= 4 is 5.91 Å². The number of hydrogen-bond donors (Lipinski definition) is 3. The van der Waals surface area contributed by atoms with Gasteiger partial charge in [-0.3, -0.25) is 4.79 Å². The summed E-state index contributed by atoms with van der Waals surface area (Å²) in [7, 11) is 0. The second kappa shape index (κ2) is 11.8. The first-order chi connectivity index (χ1) is 17.5. The van der Waals surface area contributed by atoms with Crippen molar-refractivity contribution < 1.29 is 20.1 Å². The molecule has 0 bridgehead atoms. The maximum Gasteiger partial charge on any atom is 0.254 e. The van der Waals surface area contributed by atoms with Crippen molar-refractivity contribution in [3.05, 3.63) is 35.5 Å². The molecule has 208 valence electrons. The Kier molecular flexibility index (Phi) is 9.08. The molecule has 37 heavy (non-hydrogen) atoms. The number of piperidine rings is 1. The predicted octanol–water partition coefficient (Wildman–Crippen LogP) is 5.70. The van der Waals surface area contributed by atoms with Gasteiger partial charge in [0, 0.05) is 19.5 Å². The molecular formula is C32H51NO4. The van der Waals surface area contributed by atoms with Crippen LogP contribution in [0.4, 0.5) is 0 Å². The van der Waals surface area contributed by atoms with Crippen LogP contribution < -0.4 is 0 Å². The van der Waals surface area contributed by atoms with Crippen LogP contribution in [0.1, 0.15) is 104 Å². The number of carbonyl (C=O) groups is 1. The van der Waals surface area contributed by atoms with Gasteiger partial charge in [-0.2, -0.15) is 0 Å². The number of fused-ring (bicyclic) bond motifs is 1. The quantitative estimate of drug-likeness (QED) is 0.408. The van der Waals surface area contributed by atoms with Crippen LogP contribution in [0.25, 0.3) is 0 Å². The highest BCUT2D eigenvalue weighted by Gasteiger charge is 2.50. The Labute approximate surface area is 224 Å². The summed E-state index contributed by atoms with van der Waals surface area (Å²) in [6, 6.07) is 0.